The van der Waals surface area contributed by atoms with Crippen molar-refractivity contribution in [2.75, 3.05) is 27.9 Å². The molecule has 1 heterocycles. The number of nitrogens with one attached hydrogen (secondary N) is 1. The minimum absolute atomic E-state index is 0.501. The second-order valence-electron chi connectivity index (χ2n) is 5.67. The van der Waals surface area contributed by atoms with Crippen LogP contribution in [0.1, 0.15) is 13.3 Å². The van der Waals surface area contributed by atoms with Gasteiger partial charge in [-0.2, -0.15) is 0 Å². The first-order valence-electron chi connectivity index (χ1n) is 7.43. The molecule has 1 saturated heterocycles. The van der Waals surface area contributed by atoms with Gasteiger partial charge in [0.05, 0.1) is 18.8 Å². The Labute approximate surface area is 144 Å². The van der Waals surface area contributed by atoms with E-state index in [1.54, 1.807) is 0 Å². The number of carboxylic acids is 1. The third kappa shape index (κ3) is 4.08. The van der Waals surface area contributed by atoms with E-state index in [-0.39, 0.29) is 0 Å². The molecule has 0 aromatic carbocycles. The monoisotopic (exact) mass is 367 g/mol. The molecule has 0 radical (unpaired) electrons. The Morgan fingerprint density at radius 1 is 1.36 bits per heavy atom. The van der Waals surface area contributed by atoms with Gasteiger partial charge in [0.1, 0.15) is 12.2 Å². The normalized spacial score (nSPS) is 31.4. The van der Waals surface area contributed by atoms with Gasteiger partial charge in [-0.25, -0.2) is 4.79 Å². The number of aliphatic hydroxyl groups is 3. The van der Waals surface area contributed by atoms with E-state index in [2.05, 4.69) is 5.32 Å². The summed E-state index contributed by atoms with van der Waals surface area (Å²) in [5, 5.41) is 42.3. The van der Waals surface area contributed by atoms with E-state index in [9.17, 15) is 30.0 Å². The van der Waals surface area contributed by atoms with Crippen LogP contribution in [0.4, 0.5) is 0 Å². The highest BCUT2D eigenvalue weighted by Gasteiger charge is 2.58. The Morgan fingerprint density at radius 2 is 1.92 bits per heavy atom. The van der Waals surface area contributed by atoms with Gasteiger partial charge in [-0.1, -0.05) is 0 Å². The van der Waals surface area contributed by atoms with Crippen molar-refractivity contribution < 1.29 is 49.0 Å². The number of carbonyl (C=O) groups is 2. The smallest absolute Gasteiger partial charge is 0.364 e. The first kappa shape index (κ1) is 21.7. The first-order valence-corrected chi connectivity index (χ1v) is 7.43. The second-order valence-corrected chi connectivity index (χ2v) is 5.67. The fourth-order valence-electron chi connectivity index (χ4n) is 2.79. The van der Waals surface area contributed by atoms with Crippen molar-refractivity contribution in [2.24, 2.45) is 0 Å². The summed E-state index contributed by atoms with van der Waals surface area (Å²) >= 11 is 0. The van der Waals surface area contributed by atoms with E-state index in [1.807, 2.05) is 0 Å². The molecule has 1 amide bonds. The van der Waals surface area contributed by atoms with Crippen LogP contribution in [0.3, 0.4) is 0 Å². The Morgan fingerprint density at radius 3 is 2.28 bits per heavy atom. The van der Waals surface area contributed by atoms with E-state index in [4.69, 9.17) is 18.9 Å². The van der Waals surface area contributed by atoms with Gasteiger partial charge in [-0.3, -0.25) is 4.79 Å². The summed E-state index contributed by atoms with van der Waals surface area (Å²) in [5.74, 6) is -6.31. The lowest BCUT2D eigenvalue weighted by Gasteiger charge is -2.48. The molecule has 0 aromatic rings. The number of methoxy groups -OCH3 is 3. The SMILES string of the molecule is COC(CO)(OC)[C@@H](O)[C@@H]1O[C@@](OC)(C(=O)O)C[C@H](O)[C@H]1NC(C)=O. The van der Waals surface area contributed by atoms with Crippen LogP contribution in [-0.2, 0) is 28.5 Å². The molecule has 5 atom stereocenters. The maximum Gasteiger partial charge on any atom is 0.364 e. The fraction of sp³-hybridized carbons (Fsp3) is 0.857. The van der Waals surface area contributed by atoms with Gasteiger partial charge in [0.15, 0.2) is 0 Å². The number of amides is 1. The van der Waals surface area contributed by atoms with Crippen LogP contribution in [0.25, 0.3) is 0 Å². The van der Waals surface area contributed by atoms with Crippen LogP contribution in [0.5, 0.6) is 0 Å². The van der Waals surface area contributed by atoms with Crippen molar-refractivity contribution in [3.63, 3.8) is 0 Å². The quantitative estimate of drug-likeness (QED) is 0.288. The lowest BCUT2D eigenvalue weighted by atomic mass is 9.87. The standard InChI is InChI=1S/C14H25NO10/c1-7(17)15-9-8(18)5-13(22-2,12(20)21)25-10(9)11(19)14(6-16,23-3)24-4/h8-11,16,18-19H,5-6H2,1-4H3,(H,15,17)(H,20,21)/t8-,9+,10+,11-,13+/m0/s1. The zero-order valence-electron chi connectivity index (χ0n) is 14.5. The molecule has 1 fully saturated rings. The van der Waals surface area contributed by atoms with Crippen molar-refractivity contribution >= 4 is 11.9 Å². The Balaban J connectivity index is 3.33. The lowest BCUT2D eigenvalue weighted by Crippen LogP contribution is -2.70. The Hall–Kier alpha value is -1.34. The van der Waals surface area contributed by atoms with E-state index in [0.29, 0.717) is 0 Å². The third-order valence-electron chi connectivity index (χ3n) is 4.27. The fourth-order valence-corrected chi connectivity index (χ4v) is 2.79. The van der Waals surface area contributed by atoms with Crippen molar-refractivity contribution in [1.82, 2.24) is 5.32 Å². The number of ether oxygens (including phenoxy) is 4. The van der Waals surface area contributed by atoms with Crippen LogP contribution < -0.4 is 5.32 Å². The summed E-state index contributed by atoms with van der Waals surface area (Å²) in [6.07, 6.45) is -5.25. The summed E-state index contributed by atoms with van der Waals surface area (Å²) in [4.78, 5) is 23.0. The minimum atomic E-state index is -2.26. The molecule has 0 bridgehead atoms. The Bertz CT molecular complexity index is 474. The van der Waals surface area contributed by atoms with Crippen LogP contribution in [0, 0.1) is 0 Å². The van der Waals surface area contributed by atoms with Gasteiger partial charge in [0.2, 0.25) is 11.7 Å². The molecule has 0 spiro atoms. The molecule has 11 heteroatoms. The zero-order chi connectivity index (χ0) is 19.4. The lowest BCUT2D eigenvalue weighted by molar-refractivity contribution is -0.342. The maximum absolute atomic E-state index is 11.6. The second kappa shape index (κ2) is 8.36. The predicted octanol–water partition coefficient (Wildman–Crippen LogP) is -2.59. The highest BCUT2D eigenvalue weighted by Crippen LogP contribution is 2.35. The number of rotatable bonds is 8. The largest absolute Gasteiger partial charge is 0.477 e. The molecule has 0 aliphatic carbocycles. The number of aliphatic hydroxyl groups excluding tert-OH is 3. The molecular formula is C14H25NO10. The van der Waals surface area contributed by atoms with Crippen LogP contribution >= 0.6 is 0 Å². The topological polar surface area (TPSA) is 164 Å². The first-order chi connectivity index (χ1) is 11.6. The highest BCUT2D eigenvalue weighted by atomic mass is 16.7. The highest BCUT2D eigenvalue weighted by molar-refractivity contribution is 5.76. The molecule has 0 unspecified atom stereocenters. The molecule has 0 aromatic heterocycles. The number of carbonyl (C=O) groups excluding carboxylic acids is 1. The summed E-state index contributed by atoms with van der Waals surface area (Å²) in [6.45, 7) is 0.369. The van der Waals surface area contributed by atoms with E-state index in [1.165, 1.54) is 6.92 Å². The summed E-state index contributed by atoms with van der Waals surface area (Å²) in [7, 11) is 3.36. The predicted molar refractivity (Wildman–Crippen MR) is 80.3 cm³/mol. The summed E-state index contributed by atoms with van der Waals surface area (Å²) in [6, 6.07) is -1.20. The average Bonchev–Trinajstić information content (AvgIpc) is 2.57. The number of carboxylic acid groups (broad SMARTS) is 1. The van der Waals surface area contributed by atoms with Crippen LogP contribution in [-0.4, -0.2) is 96.2 Å². The van der Waals surface area contributed by atoms with Gasteiger partial charge >= 0.3 is 5.97 Å². The number of hydrogen-bond acceptors (Lipinski definition) is 9. The Kier molecular flexibility index (Phi) is 7.26. The molecular weight excluding hydrogens is 342 g/mol. The van der Waals surface area contributed by atoms with Crippen LogP contribution in [0.2, 0.25) is 0 Å². The number of aliphatic carboxylic acids is 1. The zero-order valence-corrected chi connectivity index (χ0v) is 14.5. The van der Waals surface area contributed by atoms with Crippen molar-refractivity contribution in [1.29, 1.82) is 0 Å². The van der Waals surface area contributed by atoms with E-state index >= 15 is 0 Å². The molecule has 0 saturated carbocycles. The average molecular weight is 367 g/mol. The van der Waals surface area contributed by atoms with E-state index in [0.717, 1.165) is 21.3 Å². The summed E-state index contributed by atoms with van der Waals surface area (Å²) in [5.41, 5.74) is 0. The van der Waals surface area contributed by atoms with Crippen molar-refractivity contribution in [3.8, 4) is 0 Å². The molecule has 5 N–H and O–H groups in total. The minimum Gasteiger partial charge on any atom is -0.477 e. The van der Waals surface area contributed by atoms with Gasteiger partial charge in [0.25, 0.3) is 5.79 Å². The molecule has 1 aliphatic rings. The van der Waals surface area contributed by atoms with Gasteiger partial charge in [-0.15, -0.1) is 0 Å². The molecule has 1 aliphatic heterocycles. The van der Waals surface area contributed by atoms with Gasteiger partial charge in [0, 0.05) is 34.7 Å². The maximum atomic E-state index is 11.6. The van der Waals surface area contributed by atoms with Crippen molar-refractivity contribution in [2.45, 2.75) is 49.3 Å². The van der Waals surface area contributed by atoms with Gasteiger partial charge < -0.3 is 44.7 Å². The van der Waals surface area contributed by atoms with Crippen LogP contribution in [0.15, 0.2) is 0 Å². The number of hydrogen-bond donors (Lipinski definition) is 5. The van der Waals surface area contributed by atoms with Crippen molar-refractivity contribution in [3.05, 3.63) is 0 Å². The summed E-state index contributed by atoms with van der Waals surface area (Å²) < 4.78 is 20.4. The van der Waals surface area contributed by atoms with Gasteiger partial charge in [-0.05, 0) is 0 Å². The molecule has 1 rings (SSSR count). The third-order valence-corrected chi connectivity index (χ3v) is 4.27. The molecule has 146 valence electrons. The molecule has 11 nitrogen and oxygen atoms in total. The van der Waals surface area contributed by atoms with E-state index < -0.39 is 60.8 Å². The molecule has 25 heavy (non-hydrogen) atoms.